The topological polar surface area (TPSA) is 25.8 Å². The Morgan fingerprint density at radius 2 is 1.93 bits per heavy atom. The summed E-state index contributed by atoms with van der Waals surface area (Å²) in [6.07, 6.45) is 1.47. The average Bonchev–Trinajstić information content (AvgIpc) is 2.17. The molecule has 76 valence electrons. The van der Waals surface area contributed by atoms with E-state index < -0.39 is 5.82 Å². The highest BCUT2D eigenvalue weighted by molar-refractivity contribution is 6.30. The van der Waals surface area contributed by atoms with Gasteiger partial charge in [-0.1, -0.05) is 23.2 Å². The van der Waals surface area contributed by atoms with Gasteiger partial charge in [-0.05, 0) is 24.3 Å². The summed E-state index contributed by atoms with van der Waals surface area (Å²) in [4.78, 5) is 7.83. The van der Waals surface area contributed by atoms with Crippen molar-refractivity contribution >= 4 is 23.2 Å². The lowest BCUT2D eigenvalue weighted by Gasteiger charge is -2.01. The molecular formula is C10H5Cl2FN2. The first-order chi connectivity index (χ1) is 7.16. The maximum Gasteiger partial charge on any atom is 0.163 e. The smallest absolute Gasteiger partial charge is 0.163 e. The number of aromatic nitrogens is 2. The van der Waals surface area contributed by atoms with Crippen molar-refractivity contribution in [3.63, 3.8) is 0 Å². The third-order valence-corrected chi connectivity index (χ3v) is 2.24. The molecule has 0 N–H and O–H groups in total. The molecule has 2 nitrogen and oxygen atoms in total. The molecule has 1 heterocycles. The summed E-state index contributed by atoms with van der Waals surface area (Å²) in [7, 11) is 0. The van der Waals surface area contributed by atoms with E-state index in [-0.39, 0.29) is 16.5 Å². The van der Waals surface area contributed by atoms with E-state index in [2.05, 4.69) is 9.97 Å². The molecule has 0 aliphatic heterocycles. The van der Waals surface area contributed by atoms with Crippen molar-refractivity contribution in [3.8, 4) is 11.4 Å². The Balaban J connectivity index is 2.54. The number of hydrogen-bond acceptors (Lipinski definition) is 2. The number of rotatable bonds is 1. The fourth-order valence-electron chi connectivity index (χ4n) is 1.14. The Kier molecular flexibility index (Phi) is 2.84. The molecule has 0 saturated carbocycles. The monoisotopic (exact) mass is 242 g/mol. The number of hydrogen-bond donors (Lipinski definition) is 0. The van der Waals surface area contributed by atoms with Crippen LogP contribution in [0.1, 0.15) is 0 Å². The largest absolute Gasteiger partial charge is 0.236 e. The molecule has 2 rings (SSSR count). The molecular weight excluding hydrogens is 238 g/mol. The van der Waals surface area contributed by atoms with E-state index in [1.807, 2.05) is 0 Å². The summed E-state index contributed by atoms with van der Waals surface area (Å²) in [5.74, 6) is -0.221. The molecule has 0 spiro atoms. The molecule has 0 saturated heterocycles. The van der Waals surface area contributed by atoms with Gasteiger partial charge in [0.15, 0.2) is 5.82 Å². The SMILES string of the molecule is Fc1cc(Cl)ccc1-c1nccc(Cl)n1. The van der Waals surface area contributed by atoms with E-state index in [1.165, 1.54) is 24.4 Å². The first-order valence-electron chi connectivity index (χ1n) is 4.11. The molecule has 1 aromatic heterocycles. The second-order valence-corrected chi connectivity index (χ2v) is 3.65. The Bertz CT molecular complexity index is 503. The van der Waals surface area contributed by atoms with Gasteiger partial charge in [-0.2, -0.15) is 0 Å². The lowest BCUT2D eigenvalue weighted by atomic mass is 10.2. The molecule has 0 radical (unpaired) electrons. The Morgan fingerprint density at radius 1 is 1.13 bits per heavy atom. The quantitative estimate of drug-likeness (QED) is 0.715. The zero-order chi connectivity index (χ0) is 10.8. The fraction of sp³-hybridized carbons (Fsp3) is 0. The molecule has 0 aliphatic carbocycles. The Hall–Kier alpha value is -1.19. The highest BCUT2D eigenvalue weighted by atomic mass is 35.5. The van der Waals surface area contributed by atoms with Crippen LogP contribution in [-0.2, 0) is 0 Å². The summed E-state index contributed by atoms with van der Waals surface area (Å²) < 4.78 is 13.5. The van der Waals surface area contributed by atoms with E-state index in [4.69, 9.17) is 23.2 Å². The van der Waals surface area contributed by atoms with Crippen LogP contribution in [0.15, 0.2) is 30.5 Å². The van der Waals surface area contributed by atoms with Crippen molar-refractivity contribution in [2.45, 2.75) is 0 Å². The van der Waals surface area contributed by atoms with Crippen molar-refractivity contribution in [1.29, 1.82) is 0 Å². The molecule has 1 aromatic carbocycles. The Morgan fingerprint density at radius 3 is 2.60 bits per heavy atom. The summed E-state index contributed by atoms with van der Waals surface area (Å²) in [5.41, 5.74) is 0.280. The standard InChI is InChI=1S/C10H5Cl2FN2/c11-6-1-2-7(8(13)5-6)10-14-4-3-9(12)15-10/h1-5H. The van der Waals surface area contributed by atoms with E-state index >= 15 is 0 Å². The van der Waals surface area contributed by atoms with Gasteiger partial charge in [0.1, 0.15) is 11.0 Å². The van der Waals surface area contributed by atoms with Crippen molar-refractivity contribution < 1.29 is 4.39 Å². The lowest BCUT2D eigenvalue weighted by Crippen LogP contribution is -1.91. The summed E-state index contributed by atoms with van der Waals surface area (Å²) >= 11 is 11.3. The van der Waals surface area contributed by atoms with Crippen LogP contribution in [0, 0.1) is 5.82 Å². The molecule has 5 heteroatoms. The van der Waals surface area contributed by atoms with Crippen LogP contribution in [0.25, 0.3) is 11.4 Å². The summed E-state index contributed by atoms with van der Waals surface area (Å²) in [5, 5.41) is 0.604. The van der Waals surface area contributed by atoms with Gasteiger partial charge >= 0.3 is 0 Å². The van der Waals surface area contributed by atoms with Crippen molar-refractivity contribution in [1.82, 2.24) is 9.97 Å². The molecule has 0 amide bonds. The first-order valence-corrected chi connectivity index (χ1v) is 4.86. The van der Waals surface area contributed by atoms with Crippen LogP contribution in [-0.4, -0.2) is 9.97 Å². The minimum Gasteiger partial charge on any atom is -0.236 e. The molecule has 0 aliphatic rings. The molecule has 0 fully saturated rings. The molecule has 15 heavy (non-hydrogen) atoms. The third-order valence-electron chi connectivity index (χ3n) is 1.79. The van der Waals surface area contributed by atoms with Gasteiger partial charge in [-0.3, -0.25) is 0 Å². The van der Waals surface area contributed by atoms with Gasteiger partial charge in [-0.15, -0.1) is 0 Å². The van der Waals surface area contributed by atoms with Crippen LogP contribution in [0.5, 0.6) is 0 Å². The maximum absolute atomic E-state index is 13.5. The highest BCUT2D eigenvalue weighted by Crippen LogP contribution is 2.22. The molecule has 0 unspecified atom stereocenters. The van der Waals surface area contributed by atoms with Crippen LogP contribution in [0.2, 0.25) is 10.2 Å². The first kappa shape index (κ1) is 10.3. The predicted octanol–water partition coefficient (Wildman–Crippen LogP) is 3.59. The lowest BCUT2D eigenvalue weighted by molar-refractivity contribution is 0.630. The molecule has 0 bridgehead atoms. The fourth-order valence-corrected chi connectivity index (χ4v) is 1.43. The molecule has 0 atom stereocenters. The normalized spacial score (nSPS) is 10.3. The highest BCUT2D eigenvalue weighted by Gasteiger charge is 2.08. The van der Waals surface area contributed by atoms with Gasteiger partial charge in [0, 0.05) is 11.2 Å². The minimum absolute atomic E-state index is 0.247. The van der Waals surface area contributed by atoms with Gasteiger partial charge in [0.25, 0.3) is 0 Å². The number of halogens is 3. The number of nitrogens with zero attached hydrogens (tertiary/aromatic N) is 2. The minimum atomic E-state index is -0.468. The van der Waals surface area contributed by atoms with Crippen LogP contribution < -0.4 is 0 Å². The number of benzene rings is 1. The van der Waals surface area contributed by atoms with Gasteiger partial charge in [-0.25, -0.2) is 14.4 Å². The van der Waals surface area contributed by atoms with E-state index in [0.29, 0.717) is 5.02 Å². The third kappa shape index (κ3) is 2.25. The van der Waals surface area contributed by atoms with Crippen molar-refractivity contribution in [2.75, 3.05) is 0 Å². The van der Waals surface area contributed by atoms with Gasteiger partial charge < -0.3 is 0 Å². The average molecular weight is 243 g/mol. The van der Waals surface area contributed by atoms with Gasteiger partial charge in [0.05, 0.1) is 5.56 Å². The second-order valence-electron chi connectivity index (χ2n) is 2.83. The van der Waals surface area contributed by atoms with Crippen LogP contribution >= 0.6 is 23.2 Å². The molecule has 2 aromatic rings. The van der Waals surface area contributed by atoms with Crippen LogP contribution in [0.4, 0.5) is 4.39 Å². The second kappa shape index (κ2) is 4.13. The zero-order valence-corrected chi connectivity index (χ0v) is 8.93. The predicted molar refractivity (Wildman–Crippen MR) is 57.4 cm³/mol. The van der Waals surface area contributed by atoms with E-state index in [1.54, 1.807) is 6.07 Å². The Labute approximate surface area is 95.7 Å². The summed E-state index contributed by atoms with van der Waals surface area (Å²) in [6.45, 7) is 0. The zero-order valence-electron chi connectivity index (χ0n) is 7.42. The van der Waals surface area contributed by atoms with E-state index in [0.717, 1.165) is 0 Å². The van der Waals surface area contributed by atoms with Gasteiger partial charge in [0.2, 0.25) is 0 Å². The maximum atomic E-state index is 13.5. The van der Waals surface area contributed by atoms with E-state index in [9.17, 15) is 4.39 Å². The van der Waals surface area contributed by atoms with Crippen LogP contribution in [0.3, 0.4) is 0 Å². The van der Waals surface area contributed by atoms with Crippen molar-refractivity contribution in [2.24, 2.45) is 0 Å². The summed E-state index contributed by atoms with van der Waals surface area (Å²) in [6, 6.07) is 5.83. The van der Waals surface area contributed by atoms with Crippen molar-refractivity contribution in [3.05, 3.63) is 46.5 Å².